The van der Waals surface area contributed by atoms with Crippen molar-refractivity contribution in [2.24, 2.45) is 46.3 Å². The van der Waals surface area contributed by atoms with Gasteiger partial charge in [-0.1, -0.05) is 76.8 Å². The van der Waals surface area contributed by atoms with Gasteiger partial charge in [-0.3, -0.25) is 0 Å². The normalized spacial score (nSPS) is 44.4. The fourth-order valence-corrected chi connectivity index (χ4v) is 9.97. The van der Waals surface area contributed by atoms with E-state index < -0.39 is 0 Å². The molecule has 1 aromatic rings. The van der Waals surface area contributed by atoms with E-state index in [9.17, 15) is 0 Å². The summed E-state index contributed by atoms with van der Waals surface area (Å²) in [5.41, 5.74) is 2.86. The zero-order valence-corrected chi connectivity index (χ0v) is 20.8. The first-order chi connectivity index (χ1) is 15.1. The third kappa shape index (κ3) is 3.83. The van der Waals surface area contributed by atoms with Crippen molar-refractivity contribution in [3.63, 3.8) is 0 Å². The van der Waals surface area contributed by atoms with Crippen LogP contribution in [0.2, 0.25) is 0 Å². The van der Waals surface area contributed by atoms with E-state index in [0.29, 0.717) is 10.8 Å². The molecule has 4 aliphatic carbocycles. The van der Waals surface area contributed by atoms with E-state index in [1.807, 2.05) is 0 Å². The Morgan fingerprint density at radius 1 is 0.806 bits per heavy atom. The first-order valence-corrected chi connectivity index (χ1v) is 14.1. The quantitative estimate of drug-likeness (QED) is 0.402. The van der Waals surface area contributed by atoms with Crippen molar-refractivity contribution < 1.29 is 0 Å². The van der Waals surface area contributed by atoms with E-state index in [4.69, 9.17) is 0 Å². The highest BCUT2D eigenvalue weighted by Gasteiger charge is 2.60. The maximum Gasteiger partial charge on any atom is -0.0264 e. The van der Waals surface area contributed by atoms with Crippen molar-refractivity contribution in [3.05, 3.63) is 35.9 Å². The Balaban J connectivity index is 1.25. The van der Waals surface area contributed by atoms with Gasteiger partial charge in [0.25, 0.3) is 0 Å². The second kappa shape index (κ2) is 8.87. The number of aryl methyl sites for hydroxylation is 1. The predicted octanol–water partition coefficient (Wildman–Crippen LogP) is 9.08. The third-order valence-electron chi connectivity index (χ3n) is 11.6. The molecule has 4 fully saturated rings. The summed E-state index contributed by atoms with van der Waals surface area (Å²) in [7, 11) is 0. The van der Waals surface area contributed by atoms with Gasteiger partial charge in [-0.15, -0.1) is 0 Å². The zero-order valence-electron chi connectivity index (χ0n) is 20.8. The average molecular weight is 421 g/mol. The lowest BCUT2D eigenvalue weighted by molar-refractivity contribution is -0.135. The summed E-state index contributed by atoms with van der Waals surface area (Å²) in [4.78, 5) is 0. The molecule has 8 atom stereocenters. The molecule has 0 N–H and O–H groups in total. The number of rotatable bonds is 6. The van der Waals surface area contributed by atoms with Gasteiger partial charge in [-0.25, -0.2) is 0 Å². The first kappa shape index (κ1) is 22.0. The SMILES string of the molecule is CC[C@H]1CC2C3CCC(CCCCc4ccccc4)C3(C)CC[C@@H]2C2(C)CCCCC12. The van der Waals surface area contributed by atoms with Gasteiger partial charge in [0, 0.05) is 0 Å². The molecular formula is C31H48. The Bertz CT molecular complexity index is 721. The smallest absolute Gasteiger partial charge is 0.0264 e. The van der Waals surface area contributed by atoms with Crippen molar-refractivity contribution in [3.8, 4) is 0 Å². The molecule has 0 radical (unpaired) electrons. The Morgan fingerprint density at radius 3 is 2.42 bits per heavy atom. The van der Waals surface area contributed by atoms with Gasteiger partial charge < -0.3 is 0 Å². The van der Waals surface area contributed by atoms with Crippen LogP contribution in [0.15, 0.2) is 30.3 Å². The molecule has 4 saturated carbocycles. The van der Waals surface area contributed by atoms with Crippen molar-refractivity contribution in [2.75, 3.05) is 0 Å². The van der Waals surface area contributed by atoms with E-state index >= 15 is 0 Å². The zero-order chi connectivity index (χ0) is 21.5. The summed E-state index contributed by atoms with van der Waals surface area (Å²) in [5.74, 6) is 6.23. The largest absolute Gasteiger partial charge is 0.0651 e. The first-order valence-electron chi connectivity index (χ1n) is 14.1. The van der Waals surface area contributed by atoms with Crippen LogP contribution in [0.4, 0.5) is 0 Å². The molecule has 4 aliphatic rings. The van der Waals surface area contributed by atoms with Gasteiger partial charge in [0.2, 0.25) is 0 Å². The second-order valence-corrected chi connectivity index (χ2v) is 12.7. The van der Waals surface area contributed by atoms with Crippen LogP contribution in [0.25, 0.3) is 0 Å². The van der Waals surface area contributed by atoms with Crippen LogP contribution in [-0.2, 0) is 6.42 Å². The van der Waals surface area contributed by atoms with Crippen LogP contribution in [0, 0.1) is 46.3 Å². The van der Waals surface area contributed by atoms with E-state index in [2.05, 4.69) is 51.1 Å². The molecule has 0 amide bonds. The van der Waals surface area contributed by atoms with Crippen LogP contribution in [0.3, 0.4) is 0 Å². The highest BCUT2D eigenvalue weighted by molar-refractivity contribution is 5.14. The molecule has 0 bridgehead atoms. The Kier molecular flexibility index (Phi) is 6.30. The van der Waals surface area contributed by atoms with E-state index in [1.54, 1.807) is 38.5 Å². The van der Waals surface area contributed by atoms with Gasteiger partial charge >= 0.3 is 0 Å². The molecule has 0 heterocycles. The topological polar surface area (TPSA) is 0 Å². The van der Waals surface area contributed by atoms with Gasteiger partial charge in [-0.2, -0.15) is 0 Å². The summed E-state index contributed by atoms with van der Waals surface area (Å²) in [5, 5.41) is 0. The second-order valence-electron chi connectivity index (χ2n) is 12.7. The fraction of sp³-hybridized carbons (Fsp3) is 0.806. The lowest BCUT2D eigenvalue weighted by atomic mass is 9.42. The minimum Gasteiger partial charge on any atom is -0.0651 e. The molecule has 0 nitrogen and oxygen atoms in total. The van der Waals surface area contributed by atoms with Crippen LogP contribution in [0.1, 0.15) is 110 Å². The number of hydrogen-bond acceptors (Lipinski definition) is 0. The maximum absolute atomic E-state index is 2.76. The number of unbranched alkanes of at least 4 members (excludes halogenated alkanes) is 1. The van der Waals surface area contributed by atoms with Gasteiger partial charge in [0.15, 0.2) is 0 Å². The summed E-state index contributed by atoms with van der Waals surface area (Å²) in [6.45, 7) is 8.01. The predicted molar refractivity (Wildman–Crippen MR) is 133 cm³/mol. The highest BCUT2D eigenvalue weighted by Crippen LogP contribution is 2.69. The Hall–Kier alpha value is -0.780. The van der Waals surface area contributed by atoms with Crippen molar-refractivity contribution in [1.29, 1.82) is 0 Å². The third-order valence-corrected chi connectivity index (χ3v) is 11.6. The molecule has 172 valence electrons. The van der Waals surface area contributed by atoms with Crippen LogP contribution < -0.4 is 0 Å². The van der Waals surface area contributed by atoms with E-state index in [-0.39, 0.29) is 0 Å². The average Bonchev–Trinajstić information content (AvgIpc) is 3.13. The molecule has 0 spiro atoms. The van der Waals surface area contributed by atoms with Crippen molar-refractivity contribution in [1.82, 2.24) is 0 Å². The lowest BCUT2D eigenvalue weighted by Crippen LogP contribution is -2.55. The van der Waals surface area contributed by atoms with Crippen molar-refractivity contribution >= 4 is 0 Å². The number of fused-ring (bicyclic) bond motifs is 5. The van der Waals surface area contributed by atoms with Gasteiger partial charge in [0.05, 0.1) is 0 Å². The molecule has 31 heavy (non-hydrogen) atoms. The van der Waals surface area contributed by atoms with Crippen LogP contribution in [0.5, 0.6) is 0 Å². The standard InChI is InChI=1S/C31H48/c1-4-24-22-26-28-18-17-25(15-9-8-14-23-12-6-5-7-13-23)30(28,2)21-19-29(26)31(3)20-11-10-16-27(24)31/h5-7,12-13,24-29H,4,8-11,14-22H2,1-3H3/t24-,25?,26?,27?,28?,29-,30?,31?/m0/s1. The summed E-state index contributed by atoms with van der Waals surface area (Å²) in [6, 6.07) is 11.1. The molecule has 0 heteroatoms. The van der Waals surface area contributed by atoms with E-state index in [0.717, 1.165) is 35.5 Å². The molecule has 1 aromatic carbocycles. The van der Waals surface area contributed by atoms with Crippen LogP contribution >= 0.6 is 0 Å². The monoisotopic (exact) mass is 420 g/mol. The van der Waals surface area contributed by atoms with Crippen molar-refractivity contribution in [2.45, 2.75) is 111 Å². The minimum atomic E-state index is 0.657. The molecular weight excluding hydrogens is 372 g/mol. The summed E-state index contributed by atoms with van der Waals surface area (Å²) >= 11 is 0. The fourth-order valence-electron chi connectivity index (χ4n) is 9.97. The number of benzene rings is 1. The van der Waals surface area contributed by atoms with Gasteiger partial charge in [0.1, 0.15) is 0 Å². The molecule has 5 rings (SSSR count). The van der Waals surface area contributed by atoms with Gasteiger partial charge in [-0.05, 0) is 116 Å². The molecule has 0 aromatic heterocycles. The number of hydrogen-bond donors (Lipinski definition) is 0. The summed E-state index contributed by atoms with van der Waals surface area (Å²) < 4.78 is 0. The van der Waals surface area contributed by atoms with Crippen LogP contribution in [-0.4, -0.2) is 0 Å². The maximum atomic E-state index is 2.76. The molecule has 6 unspecified atom stereocenters. The lowest BCUT2D eigenvalue weighted by Gasteiger charge is -2.62. The molecule has 0 aliphatic heterocycles. The van der Waals surface area contributed by atoms with E-state index in [1.165, 1.54) is 56.9 Å². The highest BCUT2D eigenvalue weighted by atomic mass is 14.7. The Morgan fingerprint density at radius 2 is 1.61 bits per heavy atom. The summed E-state index contributed by atoms with van der Waals surface area (Å²) in [6.07, 6.45) is 20.9. The Labute approximate surface area is 193 Å². The molecule has 0 saturated heterocycles. The minimum absolute atomic E-state index is 0.657.